The molecular formula is C24H34FN3O4. The molecular weight excluding hydrogens is 413 g/mol. The van der Waals surface area contributed by atoms with Gasteiger partial charge in [0.15, 0.2) is 0 Å². The van der Waals surface area contributed by atoms with Gasteiger partial charge < -0.3 is 24.3 Å². The normalized spacial score (nSPS) is 10.7. The minimum atomic E-state index is -0.332. The number of amides is 3. The van der Waals surface area contributed by atoms with E-state index in [1.807, 2.05) is 6.92 Å². The summed E-state index contributed by atoms with van der Waals surface area (Å²) < 4.78 is 24.1. The molecule has 2 rings (SSSR count). The largest absolute Gasteiger partial charge is 0.467 e. The Bertz CT molecular complexity index is 796. The van der Waals surface area contributed by atoms with E-state index in [2.05, 4.69) is 12.2 Å². The second kappa shape index (κ2) is 14.2. The minimum absolute atomic E-state index is 0.0635. The Hall–Kier alpha value is -2.87. The number of hydrogen-bond donors (Lipinski definition) is 1. The van der Waals surface area contributed by atoms with Gasteiger partial charge in [-0.15, -0.1) is 0 Å². The van der Waals surface area contributed by atoms with Gasteiger partial charge in [0.05, 0.1) is 12.8 Å². The van der Waals surface area contributed by atoms with Crippen molar-refractivity contribution in [2.24, 2.45) is 0 Å². The van der Waals surface area contributed by atoms with Crippen LogP contribution >= 0.6 is 0 Å². The zero-order valence-corrected chi connectivity index (χ0v) is 19.0. The summed E-state index contributed by atoms with van der Waals surface area (Å²) in [6.45, 7) is 6.55. The molecule has 0 saturated heterocycles. The number of halogens is 1. The van der Waals surface area contributed by atoms with E-state index < -0.39 is 0 Å². The van der Waals surface area contributed by atoms with Crippen LogP contribution in [0.15, 0.2) is 47.1 Å². The maximum absolute atomic E-state index is 13.3. The van der Waals surface area contributed by atoms with Gasteiger partial charge in [0.2, 0.25) is 5.91 Å². The van der Waals surface area contributed by atoms with Gasteiger partial charge in [-0.3, -0.25) is 4.79 Å². The summed E-state index contributed by atoms with van der Waals surface area (Å²) in [5, 5.41) is 2.89. The van der Waals surface area contributed by atoms with E-state index in [-0.39, 0.29) is 37.4 Å². The molecule has 32 heavy (non-hydrogen) atoms. The molecule has 0 aliphatic rings. The fourth-order valence-corrected chi connectivity index (χ4v) is 3.13. The number of nitrogens with one attached hydrogen (secondary N) is 1. The number of furan rings is 1. The Labute approximate surface area is 189 Å². The monoisotopic (exact) mass is 447 g/mol. The van der Waals surface area contributed by atoms with Crippen LogP contribution < -0.4 is 5.32 Å². The molecule has 0 radical (unpaired) electrons. The van der Waals surface area contributed by atoms with Crippen LogP contribution in [0.4, 0.5) is 9.18 Å². The summed E-state index contributed by atoms with van der Waals surface area (Å²) in [5.74, 6) is 0.0883. The Balaban J connectivity index is 2.09. The number of rotatable bonds is 14. The van der Waals surface area contributed by atoms with E-state index in [0.29, 0.717) is 38.5 Å². The Kier molecular flexibility index (Phi) is 11.3. The van der Waals surface area contributed by atoms with Crippen LogP contribution in [0.2, 0.25) is 0 Å². The summed E-state index contributed by atoms with van der Waals surface area (Å²) in [6.07, 6.45) is 4.04. The van der Waals surface area contributed by atoms with Crippen LogP contribution in [0.3, 0.4) is 0 Å². The number of unbranched alkanes of at least 4 members (excludes halogenated alkanes) is 1. The molecule has 0 saturated carbocycles. The van der Waals surface area contributed by atoms with E-state index in [0.717, 1.165) is 18.4 Å². The predicted molar refractivity (Wildman–Crippen MR) is 120 cm³/mol. The molecule has 0 bridgehead atoms. The summed E-state index contributed by atoms with van der Waals surface area (Å²) in [6, 6.07) is 9.32. The van der Waals surface area contributed by atoms with E-state index in [9.17, 15) is 14.0 Å². The van der Waals surface area contributed by atoms with Crippen LogP contribution in [0.5, 0.6) is 0 Å². The maximum atomic E-state index is 13.3. The van der Waals surface area contributed by atoms with Crippen LogP contribution in [-0.2, 0) is 22.6 Å². The van der Waals surface area contributed by atoms with E-state index in [1.54, 1.807) is 35.4 Å². The molecule has 0 atom stereocenters. The Morgan fingerprint density at radius 1 is 1.06 bits per heavy atom. The average molecular weight is 448 g/mol. The van der Waals surface area contributed by atoms with Gasteiger partial charge in [-0.1, -0.05) is 25.5 Å². The van der Waals surface area contributed by atoms with Gasteiger partial charge in [-0.05, 0) is 49.6 Å². The van der Waals surface area contributed by atoms with Gasteiger partial charge in [0.25, 0.3) is 0 Å². The third-order valence-electron chi connectivity index (χ3n) is 4.91. The first-order valence-electron chi connectivity index (χ1n) is 11.2. The SMILES string of the molecule is CCCCNC(=O)N(CCCOCC)CC(=O)N(Cc1ccc(F)cc1)Cc1ccco1. The summed E-state index contributed by atoms with van der Waals surface area (Å²) in [5.41, 5.74) is 0.793. The zero-order chi connectivity index (χ0) is 23.2. The fraction of sp³-hybridized carbons (Fsp3) is 0.500. The van der Waals surface area contributed by atoms with Crippen molar-refractivity contribution in [2.45, 2.75) is 46.2 Å². The van der Waals surface area contributed by atoms with Crippen LogP contribution in [0.25, 0.3) is 0 Å². The fourth-order valence-electron chi connectivity index (χ4n) is 3.13. The Morgan fingerprint density at radius 3 is 2.50 bits per heavy atom. The van der Waals surface area contributed by atoms with Crippen LogP contribution in [0, 0.1) is 5.82 Å². The topological polar surface area (TPSA) is 75.0 Å². The highest BCUT2D eigenvalue weighted by Crippen LogP contribution is 2.13. The smallest absolute Gasteiger partial charge is 0.317 e. The van der Waals surface area contributed by atoms with E-state index in [4.69, 9.17) is 9.15 Å². The van der Waals surface area contributed by atoms with Gasteiger partial charge in [0.1, 0.15) is 18.1 Å². The Morgan fingerprint density at radius 2 is 1.84 bits per heavy atom. The lowest BCUT2D eigenvalue weighted by Gasteiger charge is -2.27. The van der Waals surface area contributed by atoms with Gasteiger partial charge in [-0.25, -0.2) is 9.18 Å². The maximum Gasteiger partial charge on any atom is 0.317 e. The third kappa shape index (κ3) is 9.09. The number of ether oxygens (including phenoxy) is 1. The lowest BCUT2D eigenvalue weighted by atomic mass is 10.2. The highest BCUT2D eigenvalue weighted by Gasteiger charge is 2.22. The highest BCUT2D eigenvalue weighted by atomic mass is 19.1. The lowest BCUT2D eigenvalue weighted by molar-refractivity contribution is -0.133. The van der Waals surface area contributed by atoms with Gasteiger partial charge in [0, 0.05) is 32.8 Å². The minimum Gasteiger partial charge on any atom is -0.467 e. The lowest BCUT2D eigenvalue weighted by Crippen LogP contribution is -2.47. The standard InChI is InChI=1S/C24H34FN3O4/c1-3-5-13-26-24(30)27(14-7-15-31-4-2)19-23(29)28(18-22-8-6-16-32-22)17-20-9-11-21(25)12-10-20/h6,8-12,16H,3-5,7,13-15,17-19H2,1-2H3,(H,26,30). The molecule has 0 spiro atoms. The van der Waals surface area contributed by atoms with Crippen molar-refractivity contribution >= 4 is 11.9 Å². The highest BCUT2D eigenvalue weighted by molar-refractivity contribution is 5.84. The molecule has 176 valence electrons. The molecule has 8 heteroatoms. The number of nitrogens with zero attached hydrogens (tertiary/aromatic N) is 2. The van der Waals surface area contributed by atoms with Crippen LogP contribution in [-0.4, -0.2) is 54.6 Å². The first-order chi connectivity index (χ1) is 15.5. The van der Waals surface area contributed by atoms with Crippen molar-refractivity contribution in [1.29, 1.82) is 0 Å². The number of carbonyl (C=O) groups excluding carboxylic acids is 2. The van der Waals surface area contributed by atoms with Gasteiger partial charge >= 0.3 is 6.03 Å². The number of urea groups is 1. The average Bonchev–Trinajstić information content (AvgIpc) is 3.30. The molecule has 1 aromatic heterocycles. The number of benzene rings is 1. The van der Waals surface area contributed by atoms with E-state index in [1.165, 1.54) is 17.0 Å². The van der Waals surface area contributed by atoms with Crippen molar-refractivity contribution in [3.8, 4) is 0 Å². The third-order valence-corrected chi connectivity index (χ3v) is 4.91. The van der Waals surface area contributed by atoms with Crippen molar-refractivity contribution in [1.82, 2.24) is 15.1 Å². The number of hydrogen-bond acceptors (Lipinski definition) is 4. The first-order valence-corrected chi connectivity index (χ1v) is 11.2. The molecule has 0 fully saturated rings. The van der Waals surface area contributed by atoms with Crippen molar-refractivity contribution in [2.75, 3.05) is 32.8 Å². The zero-order valence-electron chi connectivity index (χ0n) is 19.0. The molecule has 3 amide bonds. The summed E-state index contributed by atoms with van der Waals surface area (Å²) in [4.78, 5) is 29.1. The van der Waals surface area contributed by atoms with Crippen molar-refractivity contribution in [3.63, 3.8) is 0 Å². The molecule has 7 nitrogen and oxygen atoms in total. The molecule has 0 aliphatic carbocycles. The molecule has 0 aliphatic heterocycles. The second-order valence-corrected chi connectivity index (χ2v) is 7.51. The summed E-state index contributed by atoms with van der Waals surface area (Å²) in [7, 11) is 0. The van der Waals surface area contributed by atoms with Crippen molar-refractivity contribution in [3.05, 3.63) is 59.8 Å². The molecule has 1 aromatic carbocycles. The van der Waals surface area contributed by atoms with E-state index >= 15 is 0 Å². The molecule has 1 N–H and O–H groups in total. The van der Waals surface area contributed by atoms with Gasteiger partial charge in [-0.2, -0.15) is 0 Å². The first kappa shape index (κ1) is 25.4. The quantitative estimate of drug-likeness (QED) is 0.441. The molecule has 0 unspecified atom stereocenters. The summed E-state index contributed by atoms with van der Waals surface area (Å²) >= 11 is 0. The predicted octanol–water partition coefficient (Wildman–Crippen LogP) is 4.19. The van der Waals surface area contributed by atoms with Crippen molar-refractivity contribution < 1.29 is 23.1 Å². The second-order valence-electron chi connectivity index (χ2n) is 7.51. The number of carbonyl (C=O) groups is 2. The molecule has 2 aromatic rings. The molecule has 1 heterocycles. The van der Waals surface area contributed by atoms with Crippen LogP contribution in [0.1, 0.15) is 44.4 Å².